The number of amides is 1. The zero-order valence-electron chi connectivity index (χ0n) is 12.4. The third kappa shape index (κ3) is 3.93. The molecule has 1 aliphatic heterocycles. The van der Waals surface area contributed by atoms with E-state index in [1.54, 1.807) is 12.3 Å². The minimum Gasteiger partial charge on any atom is -0.388 e. The first kappa shape index (κ1) is 14.8. The van der Waals surface area contributed by atoms with Crippen molar-refractivity contribution in [2.24, 2.45) is 0 Å². The quantitative estimate of drug-likeness (QED) is 0.860. The van der Waals surface area contributed by atoms with Gasteiger partial charge in [0.15, 0.2) is 0 Å². The van der Waals surface area contributed by atoms with Crippen LogP contribution in [-0.2, 0) is 0 Å². The number of aromatic nitrogens is 1. The molecular weight excluding hydrogens is 252 g/mol. The Hall–Kier alpha value is -1.62. The third-order valence-electron chi connectivity index (χ3n) is 3.85. The van der Waals surface area contributed by atoms with Crippen LogP contribution in [0.15, 0.2) is 18.3 Å². The molecule has 0 bridgehead atoms. The molecule has 1 aliphatic rings. The molecule has 1 unspecified atom stereocenters. The number of nitrogens with one attached hydrogen (secondary N) is 2. The van der Waals surface area contributed by atoms with Crippen LogP contribution in [-0.4, -0.2) is 48.5 Å². The van der Waals surface area contributed by atoms with Gasteiger partial charge in [0, 0.05) is 31.5 Å². The molecule has 5 heteroatoms. The Morgan fingerprint density at radius 3 is 2.85 bits per heavy atom. The largest absolute Gasteiger partial charge is 0.388 e. The first-order valence-corrected chi connectivity index (χ1v) is 7.37. The maximum Gasteiger partial charge on any atom is 0.270 e. The second-order valence-electron chi connectivity index (χ2n) is 5.34. The predicted molar refractivity (Wildman–Crippen MR) is 81.0 cm³/mol. The number of piperidine rings is 1. The van der Waals surface area contributed by atoms with E-state index in [4.69, 9.17) is 0 Å². The van der Waals surface area contributed by atoms with Crippen molar-refractivity contribution in [1.29, 1.82) is 0 Å². The highest BCUT2D eigenvalue weighted by molar-refractivity contribution is 5.93. The number of carbonyl (C=O) groups excluding carboxylic acids is 1. The molecule has 2 N–H and O–H groups in total. The normalized spacial score (nSPS) is 17.5. The molecule has 20 heavy (non-hydrogen) atoms. The summed E-state index contributed by atoms with van der Waals surface area (Å²) in [4.78, 5) is 18.6. The molecule has 0 spiro atoms. The lowest BCUT2D eigenvalue weighted by Crippen LogP contribution is -2.44. The molecule has 1 amide bonds. The van der Waals surface area contributed by atoms with E-state index >= 15 is 0 Å². The lowest BCUT2D eigenvalue weighted by Gasteiger charge is -2.32. The maximum atomic E-state index is 12.1. The van der Waals surface area contributed by atoms with Crippen LogP contribution in [0.3, 0.4) is 0 Å². The van der Waals surface area contributed by atoms with E-state index in [-0.39, 0.29) is 5.91 Å². The van der Waals surface area contributed by atoms with Crippen molar-refractivity contribution in [3.63, 3.8) is 0 Å². The molecular formula is C15H24N4O. The van der Waals surface area contributed by atoms with Gasteiger partial charge in [0.2, 0.25) is 0 Å². The summed E-state index contributed by atoms with van der Waals surface area (Å²) in [5, 5.41) is 5.99. The summed E-state index contributed by atoms with van der Waals surface area (Å²) >= 11 is 0. The number of likely N-dealkylation sites (tertiary alicyclic amines) is 1. The molecule has 0 aromatic carbocycles. The molecule has 5 nitrogen and oxygen atoms in total. The summed E-state index contributed by atoms with van der Waals surface area (Å²) in [5.41, 5.74) is 1.36. The number of hydrogen-bond donors (Lipinski definition) is 2. The molecule has 1 atom stereocenters. The summed E-state index contributed by atoms with van der Waals surface area (Å²) in [6.07, 6.45) is 5.51. The van der Waals surface area contributed by atoms with Crippen molar-refractivity contribution < 1.29 is 4.79 Å². The molecule has 2 rings (SSSR count). The summed E-state index contributed by atoms with van der Waals surface area (Å²) in [6.45, 7) is 5.13. The summed E-state index contributed by atoms with van der Waals surface area (Å²) < 4.78 is 0. The lowest BCUT2D eigenvalue weighted by molar-refractivity contribution is 0.0925. The van der Waals surface area contributed by atoms with Crippen LogP contribution < -0.4 is 10.6 Å². The van der Waals surface area contributed by atoms with Gasteiger partial charge in [-0.25, -0.2) is 0 Å². The van der Waals surface area contributed by atoms with E-state index in [2.05, 4.69) is 27.4 Å². The topological polar surface area (TPSA) is 57.3 Å². The Morgan fingerprint density at radius 2 is 2.15 bits per heavy atom. The standard InChI is InChI=1S/C15H24N4O/c1-12(19-8-4-3-5-9-19)11-18-15(20)14-10-13(16-2)6-7-17-14/h6-7,10,12H,3-5,8-9,11H2,1-2H3,(H,16,17)(H,18,20). The highest BCUT2D eigenvalue weighted by atomic mass is 16.1. The van der Waals surface area contributed by atoms with Crippen molar-refractivity contribution in [2.45, 2.75) is 32.2 Å². The minimum absolute atomic E-state index is 0.106. The van der Waals surface area contributed by atoms with Gasteiger partial charge < -0.3 is 10.6 Å². The average molecular weight is 276 g/mol. The van der Waals surface area contributed by atoms with Crippen LogP contribution in [0.2, 0.25) is 0 Å². The van der Waals surface area contributed by atoms with Gasteiger partial charge in [-0.05, 0) is 45.0 Å². The molecule has 110 valence electrons. The summed E-state index contributed by atoms with van der Waals surface area (Å²) in [6, 6.07) is 3.99. The second kappa shape index (κ2) is 7.24. The van der Waals surface area contributed by atoms with Crippen molar-refractivity contribution in [3.8, 4) is 0 Å². The molecule has 0 saturated carbocycles. The summed E-state index contributed by atoms with van der Waals surface area (Å²) in [5.74, 6) is -0.106. The molecule has 1 fully saturated rings. The second-order valence-corrected chi connectivity index (χ2v) is 5.34. The van der Waals surface area contributed by atoms with Gasteiger partial charge in [-0.2, -0.15) is 0 Å². The zero-order chi connectivity index (χ0) is 14.4. The Kier molecular flexibility index (Phi) is 5.35. The molecule has 1 saturated heterocycles. The Labute approximate surface area is 120 Å². The number of hydrogen-bond acceptors (Lipinski definition) is 4. The SMILES string of the molecule is CNc1ccnc(C(=O)NCC(C)N2CCCCC2)c1. The Balaban J connectivity index is 1.84. The molecule has 0 aliphatic carbocycles. The fourth-order valence-electron chi connectivity index (χ4n) is 2.53. The number of pyridine rings is 1. The van der Waals surface area contributed by atoms with Gasteiger partial charge in [-0.1, -0.05) is 6.42 Å². The number of carbonyl (C=O) groups is 1. The molecule has 2 heterocycles. The number of anilines is 1. The van der Waals surface area contributed by atoms with Crippen LogP contribution in [0, 0.1) is 0 Å². The van der Waals surface area contributed by atoms with E-state index in [9.17, 15) is 4.79 Å². The van der Waals surface area contributed by atoms with Gasteiger partial charge in [0.05, 0.1) is 0 Å². The number of nitrogens with zero attached hydrogens (tertiary/aromatic N) is 2. The van der Waals surface area contributed by atoms with Crippen LogP contribution in [0.25, 0.3) is 0 Å². The zero-order valence-corrected chi connectivity index (χ0v) is 12.4. The fourth-order valence-corrected chi connectivity index (χ4v) is 2.53. The highest BCUT2D eigenvalue weighted by Gasteiger charge is 2.17. The van der Waals surface area contributed by atoms with Crippen molar-refractivity contribution >= 4 is 11.6 Å². The van der Waals surface area contributed by atoms with E-state index in [0.717, 1.165) is 18.8 Å². The van der Waals surface area contributed by atoms with Crippen molar-refractivity contribution in [1.82, 2.24) is 15.2 Å². The van der Waals surface area contributed by atoms with Crippen LogP contribution in [0.5, 0.6) is 0 Å². The number of rotatable bonds is 5. The monoisotopic (exact) mass is 276 g/mol. The van der Waals surface area contributed by atoms with E-state index in [1.165, 1.54) is 19.3 Å². The first-order valence-electron chi connectivity index (χ1n) is 7.37. The maximum absolute atomic E-state index is 12.1. The molecule has 1 aromatic heterocycles. The van der Waals surface area contributed by atoms with Gasteiger partial charge in [0.1, 0.15) is 5.69 Å². The summed E-state index contributed by atoms with van der Waals surface area (Å²) in [7, 11) is 1.83. The van der Waals surface area contributed by atoms with Crippen LogP contribution in [0.1, 0.15) is 36.7 Å². The van der Waals surface area contributed by atoms with E-state index in [0.29, 0.717) is 18.3 Å². The van der Waals surface area contributed by atoms with Crippen molar-refractivity contribution in [3.05, 3.63) is 24.0 Å². The minimum atomic E-state index is -0.106. The van der Waals surface area contributed by atoms with Gasteiger partial charge in [-0.15, -0.1) is 0 Å². The van der Waals surface area contributed by atoms with Crippen LogP contribution in [0.4, 0.5) is 5.69 Å². The Morgan fingerprint density at radius 1 is 1.40 bits per heavy atom. The third-order valence-corrected chi connectivity index (χ3v) is 3.85. The smallest absolute Gasteiger partial charge is 0.270 e. The molecule has 0 radical (unpaired) electrons. The lowest BCUT2D eigenvalue weighted by atomic mass is 10.1. The Bertz CT molecular complexity index is 443. The average Bonchev–Trinajstić information content (AvgIpc) is 2.53. The molecule has 1 aromatic rings. The predicted octanol–water partition coefficient (Wildman–Crippen LogP) is 1.73. The van der Waals surface area contributed by atoms with Crippen molar-refractivity contribution in [2.75, 3.05) is 32.0 Å². The first-order chi connectivity index (χ1) is 9.70. The highest BCUT2D eigenvalue weighted by Crippen LogP contribution is 2.12. The fraction of sp³-hybridized carbons (Fsp3) is 0.600. The van der Waals surface area contributed by atoms with Gasteiger partial charge in [0.25, 0.3) is 5.91 Å². The van der Waals surface area contributed by atoms with E-state index in [1.807, 2.05) is 13.1 Å². The van der Waals surface area contributed by atoms with Crippen LogP contribution >= 0.6 is 0 Å². The van der Waals surface area contributed by atoms with Gasteiger partial charge >= 0.3 is 0 Å². The van der Waals surface area contributed by atoms with E-state index < -0.39 is 0 Å². The van der Waals surface area contributed by atoms with Gasteiger partial charge in [-0.3, -0.25) is 14.7 Å².